The summed E-state index contributed by atoms with van der Waals surface area (Å²) in [5, 5.41) is 0. The van der Waals surface area contributed by atoms with E-state index in [4.69, 9.17) is 4.74 Å². The van der Waals surface area contributed by atoms with Gasteiger partial charge in [-0.1, -0.05) is 52.7 Å². The Kier molecular flexibility index (Phi) is 3.93. The fourth-order valence-corrected chi connectivity index (χ4v) is 5.31. The van der Waals surface area contributed by atoms with Gasteiger partial charge in [-0.3, -0.25) is 14.4 Å². The van der Waals surface area contributed by atoms with Gasteiger partial charge in [0.05, 0.1) is 5.41 Å². The second-order valence-electron chi connectivity index (χ2n) is 7.39. The van der Waals surface area contributed by atoms with Gasteiger partial charge in [-0.05, 0) is 38.5 Å². The van der Waals surface area contributed by atoms with Crippen LogP contribution in [0.2, 0.25) is 0 Å². The molecule has 0 aromatic heterocycles. The van der Waals surface area contributed by atoms with Gasteiger partial charge in [0.1, 0.15) is 16.9 Å². The van der Waals surface area contributed by atoms with Gasteiger partial charge in [-0.15, -0.1) is 0 Å². The smallest absolute Gasteiger partial charge is 0.326 e. The van der Waals surface area contributed by atoms with Crippen LogP contribution in [0.1, 0.15) is 47.7 Å². The van der Waals surface area contributed by atoms with E-state index in [0.29, 0.717) is 17.7 Å². The predicted octanol–water partition coefficient (Wildman–Crippen LogP) is 4.63. The van der Waals surface area contributed by atoms with Crippen molar-refractivity contribution in [2.75, 3.05) is 0 Å². The SMILES string of the molecule is CC[C@@]1(C(=O)c2ccc(C)cc2)[C@H]2c3cc(Br)ccc3OC(=O)[C@@]21C(C)=O. The molecule has 1 aliphatic carbocycles. The van der Waals surface area contributed by atoms with Crippen LogP contribution >= 0.6 is 15.9 Å². The first kappa shape index (κ1) is 18.1. The summed E-state index contributed by atoms with van der Waals surface area (Å²) >= 11 is 3.45. The van der Waals surface area contributed by atoms with Gasteiger partial charge in [0.15, 0.2) is 5.78 Å². The second kappa shape index (κ2) is 5.86. The molecule has 0 saturated heterocycles. The maximum atomic E-state index is 13.6. The first-order valence-corrected chi connectivity index (χ1v) is 9.74. The third kappa shape index (κ3) is 2.12. The van der Waals surface area contributed by atoms with Crippen LogP contribution in [0.25, 0.3) is 0 Å². The molecule has 0 N–H and O–H groups in total. The number of fused-ring (bicyclic) bond motifs is 3. The minimum atomic E-state index is -1.45. The molecule has 4 nitrogen and oxygen atoms in total. The van der Waals surface area contributed by atoms with Crippen LogP contribution in [-0.2, 0) is 9.59 Å². The fourth-order valence-electron chi connectivity index (χ4n) is 4.93. The zero-order valence-corrected chi connectivity index (χ0v) is 16.9. The molecule has 4 rings (SSSR count). The summed E-state index contributed by atoms with van der Waals surface area (Å²) in [6, 6.07) is 12.6. The highest BCUT2D eigenvalue weighted by Gasteiger charge is 2.87. The van der Waals surface area contributed by atoms with Crippen molar-refractivity contribution in [3.8, 4) is 5.75 Å². The van der Waals surface area contributed by atoms with Crippen LogP contribution in [0.5, 0.6) is 5.75 Å². The van der Waals surface area contributed by atoms with E-state index in [0.717, 1.165) is 15.6 Å². The molecular weight excluding hydrogens is 408 g/mol. The monoisotopic (exact) mass is 426 g/mol. The number of ether oxygens (including phenoxy) is 1. The lowest BCUT2D eigenvalue weighted by Gasteiger charge is -2.22. The molecule has 5 heteroatoms. The van der Waals surface area contributed by atoms with Crippen molar-refractivity contribution < 1.29 is 19.1 Å². The van der Waals surface area contributed by atoms with Gasteiger partial charge < -0.3 is 4.74 Å². The lowest BCUT2D eigenvalue weighted by molar-refractivity contribution is -0.148. The fraction of sp³-hybridized carbons (Fsp3) is 0.318. The Labute approximate surface area is 166 Å². The molecule has 1 heterocycles. The Hall–Kier alpha value is -2.27. The number of halogens is 1. The van der Waals surface area contributed by atoms with Gasteiger partial charge in [0.25, 0.3) is 0 Å². The van der Waals surface area contributed by atoms with E-state index >= 15 is 0 Å². The van der Waals surface area contributed by atoms with E-state index in [2.05, 4.69) is 15.9 Å². The Morgan fingerprint density at radius 2 is 1.81 bits per heavy atom. The van der Waals surface area contributed by atoms with Crippen molar-refractivity contribution in [3.63, 3.8) is 0 Å². The molecule has 0 radical (unpaired) electrons. The van der Waals surface area contributed by atoms with Gasteiger partial charge in [-0.2, -0.15) is 0 Å². The van der Waals surface area contributed by atoms with Crippen LogP contribution in [0.4, 0.5) is 0 Å². The molecule has 1 fully saturated rings. The summed E-state index contributed by atoms with van der Waals surface area (Å²) in [4.78, 5) is 39.4. The number of hydrogen-bond donors (Lipinski definition) is 0. The normalized spacial score (nSPS) is 28.0. The van der Waals surface area contributed by atoms with Crippen LogP contribution in [-0.4, -0.2) is 17.5 Å². The lowest BCUT2D eigenvalue weighted by atomic mass is 9.81. The molecule has 27 heavy (non-hydrogen) atoms. The summed E-state index contributed by atoms with van der Waals surface area (Å²) in [6.07, 6.45) is 0.380. The number of carbonyl (C=O) groups excluding carboxylic acids is 3. The molecule has 1 aliphatic heterocycles. The molecule has 138 valence electrons. The van der Waals surface area contributed by atoms with Crippen molar-refractivity contribution in [1.29, 1.82) is 0 Å². The Morgan fingerprint density at radius 3 is 2.41 bits per heavy atom. The number of ketones is 2. The Morgan fingerprint density at radius 1 is 1.15 bits per heavy atom. The second-order valence-corrected chi connectivity index (χ2v) is 8.30. The molecule has 2 aromatic carbocycles. The molecule has 3 atom stereocenters. The third-order valence-corrected chi connectivity index (χ3v) is 6.68. The van der Waals surface area contributed by atoms with Crippen LogP contribution < -0.4 is 4.74 Å². The van der Waals surface area contributed by atoms with E-state index in [1.807, 2.05) is 32.0 Å². The highest BCUT2D eigenvalue weighted by Crippen LogP contribution is 2.80. The van der Waals surface area contributed by atoms with E-state index in [1.165, 1.54) is 6.92 Å². The van der Waals surface area contributed by atoms with E-state index in [1.54, 1.807) is 24.3 Å². The maximum Gasteiger partial charge on any atom is 0.326 e. The third-order valence-electron chi connectivity index (χ3n) is 6.19. The molecule has 2 aliphatic rings. The standard InChI is InChI=1S/C22H19BrO4/c1-4-21(19(25)14-7-5-12(2)6-8-14)18-16-11-15(23)9-10-17(16)27-20(26)22(18,21)13(3)24/h5-11,18H,4H2,1-3H3/t18-,21+,22-/m1/s1. The van der Waals surface area contributed by atoms with E-state index in [9.17, 15) is 14.4 Å². The van der Waals surface area contributed by atoms with E-state index < -0.39 is 22.7 Å². The van der Waals surface area contributed by atoms with Gasteiger partial charge in [0, 0.05) is 21.5 Å². The Balaban J connectivity index is 1.95. The van der Waals surface area contributed by atoms with E-state index in [-0.39, 0.29) is 11.6 Å². The zero-order chi connectivity index (χ0) is 19.6. The number of aryl methyl sites for hydroxylation is 1. The van der Waals surface area contributed by atoms with Crippen molar-refractivity contribution >= 4 is 33.5 Å². The first-order chi connectivity index (χ1) is 12.8. The Bertz CT molecular complexity index is 994. The number of rotatable bonds is 4. The summed E-state index contributed by atoms with van der Waals surface area (Å²) in [6.45, 7) is 5.19. The van der Waals surface area contributed by atoms with Gasteiger partial charge in [-0.25, -0.2) is 0 Å². The van der Waals surface area contributed by atoms with Crippen molar-refractivity contribution in [2.24, 2.45) is 10.8 Å². The number of carbonyl (C=O) groups is 3. The lowest BCUT2D eigenvalue weighted by Crippen LogP contribution is -2.38. The summed E-state index contributed by atoms with van der Waals surface area (Å²) < 4.78 is 6.35. The van der Waals surface area contributed by atoms with Crippen LogP contribution in [0, 0.1) is 17.8 Å². The maximum absolute atomic E-state index is 13.6. The molecule has 0 amide bonds. The molecular formula is C22H19BrO4. The summed E-state index contributed by atoms with van der Waals surface area (Å²) in [7, 11) is 0. The van der Waals surface area contributed by atoms with Crippen LogP contribution in [0.3, 0.4) is 0 Å². The molecule has 1 saturated carbocycles. The molecule has 2 aromatic rings. The summed E-state index contributed by atoms with van der Waals surface area (Å²) in [5.74, 6) is -1.18. The highest BCUT2D eigenvalue weighted by molar-refractivity contribution is 9.10. The largest absolute Gasteiger partial charge is 0.425 e. The number of esters is 1. The number of benzene rings is 2. The average Bonchev–Trinajstić information content (AvgIpc) is 3.29. The van der Waals surface area contributed by atoms with Crippen molar-refractivity contribution in [1.82, 2.24) is 0 Å². The van der Waals surface area contributed by atoms with Crippen molar-refractivity contribution in [3.05, 3.63) is 63.6 Å². The van der Waals surface area contributed by atoms with Gasteiger partial charge in [0.2, 0.25) is 0 Å². The topological polar surface area (TPSA) is 60.4 Å². The number of Topliss-reactive ketones (excluding diaryl/α,β-unsaturated/α-hetero) is 2. The molecule has 0 unspecified atom stereocenters. The average molecular weight is 427 g/mol. The predicted molar refractivity (Wildman–Crippen MR) is 104 cm³/mol. The van der Waals surface area contributed by atoms with Crippen molar-refractivity contribution in [2.45, 2.75) is 33.1 Å². The minimum Gasteiger partial charge on any atom is -0.425 e. The first-order valence-electron chi connectivity index (χ1n) is 8.95. The van der Waals surface area contributed by atoms with Gasteiger partial charge >= 0.3 is 5.97 Å². The van der Waals surface area contributed by atoms with Crippen LogP contribution in [0.15, 0.2) is 46.9 Å². The number of hydrogen-bond acceptors (Lipinski definition) is 4. The quantitative estimate of drug-likeness (QED) is 0.309. The summed E-state index contributed by atoms with van der Waals surface area (Å²) in [5.41, 5.74) is -0.266. The minimum absolute atomic E-state index is 0.171. The molecule has 0 bridgehead atoms. The zero-order valence-electron chi connectivity index (χ0n) is 15.3. The highest BCUT2D eigenvalue weighted by atomic mass is 79.9. The molecule has 0 spiro atoms.